The molecule has 2 aromatic rings. The molecule has 0 radical (unpaired) electrons. The summed E-state index contributed by atoms with van der Waals surface area (Å²) in [6.45, 7) is 0. The zero-order valence-electron chi connectivity index (χ0n) is 7.61. The molecule has 2 rings (SSSR count). The van der Waals surface area contributed by atoms with E-state index in [0.717, 1.165) is 10.0 Å². The predicted molar refractivity (Wildman–Crippen MR) is 64.6 cm³/mol. The largest absolute Gasteiger partial charge is 0.381 e. The molecule has 0 saturated carbocycles. The number of halogens is 2. The number of hydrogen-bond donors (Lipinski definition) is 1. The lowest BCUT2D eigenvalue weighted by molar-refractivity contribution is 1.05. The number of aromatic nitrogens is 2. The third-order valence-electron chi connectivity index (χ3n) is 1.89. The monoisotopic (exact) mass is 283 g/mol. The van der Waals surface area contributed by atoms with Gasteiger partial charge in [0.15, 0.2) is 5.82 Å². The Labute approximate surface area is 100 Å². The minimum atomic E-state index is 0.246. The van der Waals surface area contributed by atoms with E-state index < -0.39 is 0 Å². The number of hydrogen-bond acceptors (Lipinski definition) is 3. The first-order chi connectivity index (χ1) is 7.16. The minimum Gasteiger partial charge on any atom is -0.381 e. The number of benzene rings is 1. The van der Waals surface area contributed by atoms with Crippen LogP contribution in [0.15, 0.2) is 34.8 Å². The van der Waals surface area contributed by atoms with Gasteiger partial charge in [0, 0.05) is 10.0 Å². The van der Waals surface area contributed by atoms with E-state index in [1.165, 1.54) is 0 Å². The molecule has 15 heavy (non-hydrogen) atoms. The van der Waals surface area contributed by atoms with Gasteiger partial charge in [0.25, 0.3) is 0 Å². The predicted octanol–water partition coefficient (Wildman–Crippen LogP) is 3.14. The van der Waals surface area contributed by atoms with E-state index in [9.17, 15) is 0 Å². The number of rotatable bonds is 1. The highest BCUT2D eigenvalue weighted by atomic mass is 79.9. The van der Waals surface area contributed by atoms with Crippen molar-refractivity contribution in [2.45, 2.75) is 0 Å². The van der Waals surface area contributed by atoms with E-state index in [4.69, 9.17) is 17.3 Å². The van der Waals surface area contributed by atoms with Crippen LogP contribution in [-0.2, 0) is 0 Å². The number of anilines is 1. The van der Waals surface area contributed by atoms with Crippen LogP contribution in [0.25, 0.3) is 11.3 Å². The molecule has 1 heterocycles. The van der Waals surface area contributed by atoms with E-state index in [2.05, 4.69) is 26.1 Å². The van der Waals surface area contributed by atoms with Gasteiger partial charge in [-0.05, 0) is 18.2 Å². The molecule has 1 aromatic carbocycles. The zero-order chi connectivity index (χ0) is 10.8. The molecular formula is C10H7BrClN3. The molecule has 0 fully saturated rings. The van der Waals surface area contributed by atoms with Crippen molar-refractivity contribution in [1.82, 2.24) is 10.2 Å². The van der Waals surface area contributed by atoms with E-state index >= 15 is 0 Å². The van der Waals surface area contributed by atoms with E-state index in [0.29, 0.717) is 10.7 Å². The van der Waals surface area contributed by atoms with Crippen LogP contribution in [0.2, 0.25) is 5.02 Å². The fourth-order valence-corrected chi connectivity index (χ4v) is 1.71. The van der Waals surface area contributed by atoms with Crippen molar-refractivity contribution in [1.29, 1.82) is 0 Å². The Hall–Kier alpha value is -1.13. The Bertz CT molecular complexity index is 502. The van der Waals surface area contributed by atoms with Crippen molar-refractivity contribution in [3.8, 4) is 11.3 Å². The molecule has 0 aliphatic heterocycles. The fourth-order valence-electron chi connectivity index (χ4n) is 1.17. The molecule has 0 aliphatic rings. The molecule has 2 N–H and O–H groups in total. The van der Waals surface area contributed by atoms with Gasteiger partial charge in [0.2, 0.25) is 0 Å². The molecule has 0 amide bonds. The average molecular weight is 285 g/mol. The first-order valence-electron chi connectivity index (χ1n) is 4.21. The lowest BCUT2D eigenvalue weighted by Crippen LogP contribution is -1.95. The van der Waals surface area contributed by atoms with Gasteiger partial charge in [-0.3, -0.25) is 0 Å². The first kappa shape index (κ1) is 10.4. The summed E-state index contributed by atoms with van der Waals surface area (Å²) in [7, 11) is 0. The lowest BCUT2D eigenvalue weighted by Gasteiger charge is -2.02. The second-order valence-corrected chi connectivity index (χ2v) is 4.30. The van der Waals surface area contributed by atoms with Gasteiger partial charge in [-0.15, -0.1) is 10.2 Å². The smallest absolute Gasteiger partial charge is 0.164 e. The topological polar surface area (TPSA) is 51.8 Å². The van der Waals surface area contributed by atoms with Gasteiger partial charge in [-0.1, -0.05) is 39.7 Å². The van der Waals surface area contributed by atoms with Crippen LogP contribution in [-0.4, -0.2) is 10.2 Å². The zero-order valence-corrected chi connectivity index (χ0v) is 9.96. The number of nitrogen functional groups attached to an aromatic ring is 1. The molecule has 0 atom stereocenters. The third kappa shape index (κ3) is 2.27. The Kier molecular flexibility index (Phi) is 2.88. The van der Waals surface area contributed by atoms with Gasteiger partial charge >= 0.3 is 0 Å². The molecule has 76 valence electrons. The maximum atomic E-state index is 5.86. The van der Waals surface area contributed by atoms with Gasteiger partial charge in [0.1, 0.15) is 0 Å². The summed E-state index contributed by atoms with van der Waals surface area (Å²) in [5.74, 6) is 0.246. The van der Waals surface area contributed by atoms with E-state index in [1.807, 2.05) is 24.3 Å². The van der Waals surface area contributed by atoms with Crippen LogP contribution in [0.1, 0.15) is 0 Å². The van der Waals surface area contributed by atoms with Crippen molar-refractivity contribution < 1.29 is 0 Å². The maximum absolute atomic E-state index is 5.86. The van der Waals surface area contributed by atoms with Crippen molar-refractivity contribution in [3.63, 3.8) is 0 Å². The van der Waals surface area contributed by atoms with Crippen molar-refractivity contribution in [2.75, 3.05) is 5.73 Å². The van der Waals surface area contributed by atoms with Crippen LogP contribution in [0, 0.1) is 0 Å². The highest BCUT2D eigenvalue weighted by molar-refractivity contribution is 9.10. The van der Waals surface area contributed by atoms with Crippen molar-refractivity contribution >= 4 is 33.3 Å². The molecule has 0 spiro atoms. The molecule has 0 saturated heterocycles. The van der Waals surface area contributed by atoms with Crippen molar-refractivity contribution in [2.24, 2.45) is 0 Å². The highest BCUT2D eigenvalue weighted by Gasteiger charge is 2.04. The fraction of sp³-hybridized carbons (Fsp3) is 0. The van der Waals surface area contributed by atoms with Gasteiger partial charge in [-0.25, -0.2) is 0 Å². The average Bonchev–Trinajstić information content (AvgIpc) is 2.22. The summed E-state index contributed by atoms with van der Waals surface area (Å²) in [5.41, 5.74) is 7.13. The van der Waals surface area contributed by atoms with Gasteiger partial charge in [0.05, 0.1) is 10.7 Å². The van der Waals surface area contributed by atoms with Crippen LogP contribution in [0.3, 0.4) is 0 Å². The summed E-state index contributed by atoms with van der Waals surface area (Å²) in [5, 5.41) is 8.15. The van der Waals surface area contributed by atoms with E-state index in [1.54, 1.807) is 6.07 Å². The summed E-state index contributed by atoms with van der Waals surface area (Å²) in [4.78, 5) is 0. The SMILES string of the molecule is Nc1nnc(-c2cccc(Br)c2)cc1Cl. The number of nitrogens with zero attached hydrogens (tertiary/aromatic N) is 2. The second kappa shape index (κ2) is 4.16. The first-order valence-corrected chi connectivity index (χ1v) is 5.38. The Morgan fingerprint density at radius 2 is 2.00 bits per heavy atom. The lowest BCUT2D eigenvalue weighted by atomic mass is 10.1. The molecule has 0 aliphatic carbocycles. The summed E-state index contributed by atoms with van der Waals surface area (Å²) < 4.78 is 0.981. The van der Waals surface area contributed by atoms with Gasteiger partial charge in [-0.2, -0.15) is 0 Å². The van der Waals surface area contributed by atoms with Crippen LogP contribution in [0.5, 0.6) is 0 Å². The van der Waals surface area contributed by atoms with E-state index in [-0.39, 0.29) is 5.82 Å². The minimum absolute atomic E-state index is 0.246. The summed E-state index contributed by atoms with van der Waals surface area (Å²) >= 11 is 9.25. The molecule has 0 unspecified atom stereocenters. The van der Waals surface area contributed by atoms with Crippen LogP contribution < -0.4 is 5.73 Å². The standard InChI is InChI=1S/C10H7BrClN3/c11-7-3-1-2-6(4-7)9-5-8(12)10(13)15-14-9/h1-5H,(H2,13,15). The number of nitrogens with two attached hydrogens (primary N) is 1. The molecule has 1 aromatic heterocycles. The maximum Gasteiger partial charge on any atom is 0.164 e. The summed E-state index contributed by atoms with van der Waals surface area (Å²) in [6, 6.07) is 9.44. The Balaban J connectivity index is 2.50. The Morgan fingerprint density at radius 1 is 1.20 bits per heavy atom. The molecular weight excluding hydrogens is 277 g/mol. The third-order valence-corrected chi connectivity index (χ3v) is 2.69. The van der Waals surface area contributed by atoms with Crippen LogP contribution in [0.4, 0.5) is 5.82 Å². The second-order valence-electron chi connectivity index (χ2n) is 2.97. The normalized spacial score (nSPS) is 10.3. The van der Waals surface area contributed by atoms with Gasteiger partial charge < -0.3 is 5.73 Å². The molecule has 0 bridgehead atoms. The highest BCUT2D eigenvalue weighted by Crippen LogP contribution is 2.24. The van der Waals surface area contributed by atoms with Crippen LogP contribution >= 0.6 is 27.5 Å². The molecule has 5 heteroatoms. The summed E-state index contributed by atoms with van der Waals surface area (Å²) in [6.07, 6.45) is 0. The Morgan fingerprint density at radius 3 is 2.67 bits per heavy atom. The molecule has 3 nitrogen and oxygen atoms in total. The quantitative estimate of drug-likeness (QED) is 0.875. The van der Waals surface area contributed by atoms with Crippen molar-refractivity contribution in [3.05, 3.63) is 39.8 Å².